The zero-order valence-corrected chi connectivity index (χ0v) is 18.2. The molecule has 8 nitrogen and oxygen atoms in total. The van der Waals surface area contributed by atoms with Gasteiger partial charge in [-0.3, -0.25) is 9.59 Å². The fourth-order valence-corrected chi connectivity index (χ4v) is 4.22. The molecule has 0 atom stereocenters. The number of nitrogens with one attached hydrogen (secondary N) is 2. The zero-order chi connectivity index (χ0) is 20.2. The summed E-state index contributed by atoms with van der Waals surface area (Å²) in [7, 11) is 0. The Hall–Kier alpha value is -1.94. The Labute approximate surface area is 167 Å². The lowest BCUT2D eigenvalue weighted by atomic mass is 9.88. The van der Waals surface area contributed by atoms with Gasteiger partial charge in [-0.15, -0.1) is 20.4 Å². The molecule has 0 unspecified atom stereocenters. The molecule has 0 radical (unpaired) electrons. The largest absolute Gasteiger partial charge is 0.301 e. The summed E-state index contributed by atoms with van der Waals surface area (Å²) in [6.07, 6.45) is 1.75. The maximum absolute atomic E-state index is 12.3. The van der Waals surface area contributed by atoms with Crippen molar-refractivity contribution < 1.29 is 9.59 Å². The molecule has 2 N–H and O–H groups in total. The predicted octanol–water partition coefficient (Wildman–Crippen LogP) is 3.63. The van der Waals surface area contributed by atoms with Crippen molar-refractivity contribution in [1.82, 2.24) is 20.4 Å². The van der Waals surface area contributed by atoms with E-state index in [-0.39, 0.29) is 22.6 Å². The van der Waals surface area contributed by atoms with Crippen molar-refractivity contribution in [2.75, 3.05) is 10.6 Å². The van der Waals surface area contributed by atoms with Crippen molar-refractivity contribution in [2.45, 2.75) is 66.2 Å². The van der Waals surface area contributed by atoms with E-state index in [0.717, 1.165) is 16.4 Å². The highest BCUT2D eigenvalue weighted by Gasteiger charge is 2.27. The van der Waals surface area contributed by atoms with Gasteiger partial charge in [0.05, 0.1) is 0 Å². The van der Waals surface area contributed by atoms with E-state index in [1.165, 1.54) is 29.6 Å². The first kappa shape index (κ1) is 21.4. The monoisotopic (exact) mass is 410 g/mol. The highest BCUT2D eigenvalue weighted by molar-refractivity contribution is 7.15. The summed E-state index contributed by atoms with van der Waals surface area (Å²) in [4.78, 5) is 23.4. The number of carbonyl (C=O) groups excluding carboxylic acids is 2. The average Bonchev–Trinajstić information content (AvgIpc) is 3.13. The Bertz CT molecular complexity index is 806. The van der Waals surface area contributed by atoms with Crippen LogP contribution in [0.15, 0.2) is 0 Å². The number of hydrogen-bond acceptors (Lipinski definition) is 8. The van der Waals surface area contributed by atoms with Gasteiger partial charge in [0, 0.05) is 25.2 Å². The van der Waals surface area contributed by atoms with Crippen LogP contribution in [0.1, 0.15) is 64.4 Å². The predicted molar refractivity (Wildman–Crippen MR) is 108 cm³/mol. The van der Waals surface area contributed by atoms with Crippen molar-refractivity contribution in [3.05, 3.63) is 10.0 Å². The van der Waals surface area contributed by atoms with Gasteiger partial charge >= 0.3 is 0 Å². The smallest absolute Gasteiger partial charge is 0.226 e. The van der Waals surface area contributed by atoms with E-state index < -0.39 is 0 Å². The van der Waals surface area contributed by atoms with E-state index in [1.807, 2.05) is 13.8 Å². The second-order valence-corrected chi connectivity index (χ2v) is 10.3. The Morgan fingerprint density at radius 3 is 2.19 bits per heavy atom. The number of amides is 2. The van der Waals surface area contributed by atoms with E-state index in [0.29, 0.717) is 23.1 Å². The maximum Gasteiger partial charge on any atom is 0.226 e. The number of rotatable bonds is 7. The summed E-state index contributed by atoms with van der Waals surface area (Å²) in [6, 6.07) is 0. The van der Waals surface area contributed by atoms with Crippen molar-refractivity contribution in [3.8, 4) is 0 Å². The molecule has 2 amide bonds. The summed E-state index contributed by atoms with van der Waals surface area (Å²) < 4.78 is 0. The van der Waals surface area contributed by atoms with Crippen LogP contribution >= 0.6 is 22.7 Å². The third-order valence-electron chi connectivity index (χ3n) is 3.66. The lowest BCUT2D eigenvalue weighted by molar-refractivity contribution is -0.116. The molecule has 148 valence electrons. The first-order valence-electron chi connectivity index (χ1n) is 8.68. The third kappa shape index (κ3) is 6.94. The van der Waals surface area contributed by atoms with Crippen LogP contribution in [0.25, 0.3) is 0 Å². The molecule has 0 aliphatic rings. The van der Waals surface area contributed by atoms with E-state index in [2.05, 4.69) is 51.8 Å². The van der Waals surface area contributed by atoms with E-state index in [4.69, 9.17) is 0 Å². The second kappa shape index (κ2) is 8.39. The van der Waals surface area contributed by atoms with Gasteiger partial charge < -0.3 is 10.6 Å². The van der Waals surface area contributed by atoms with Crippen LogP contribution in [0.3, 0.4) is 0 Å². The molecule has 0 bridgehead atoms. The molecule has 0 saturated carbocycles. The molecule has 0 spiro atoms. The summed E-state index contributed by atoms with van der Waals surface area (Å²) in [6.45, 7) is 11.9. The minimum Gasteiger partial charge on any atom is -0.301 e. The summed E-state index contributed by atoms with van der Waals surface area (Å²) in [5.41, 5.74) is -0.201. The van der Waals surface area contributed by atoms with E-state index in [1.54, 1.807) is 0 Å². The molecule has 2 aromatic heterocycles. The van der Waals surface area contributed by atoms with Crippen molar-refractivity contribution >= 4 is 44.8 Å². The first-order valence-corrected chi connectivity index (χ1v) is 10.3. The summed E-state index contributed by atoms with van der Waals surface area (Å²) in [5.74, 6) is -0.286. The Morgan fingerprint density at radius 1 is 0.926 bits per heavy atom. The maximum atomic E-state index is 12.3. The molecule has 27 heavy (non-hydrogen) atoms. The fourth-order valence-electron chi connectivity index (χ4n) is 2.24. The summed E-state index contributed by atoms with van der Waals surface area (Å²) >= 11 is 2.74. The van der Waals surface area contributed by atoms with Crippen LogP contribution in [-0.4, -0.2) is 32.2 Å². The fraction of sp³-hybridized carbons (Fsp3) is 0.647. The van der Waals surface area contributed by atoms with Gasteiger partial charge in [0.15, 0.2) is 0 Å². The average molecular weight is 411 g/mol. The molecular formula is C17H26N6O2S2. The van der Waals surface area contributed by atoms with Gasteiger partial charge in [0.25, 0.3) is 0 Å². The number of nitrogens with zero attached hydrogens (tertiary/aromatic N) is 4. The van der Waals surface area contributed by atoms with Gasteiger partial charge in [-0.25, -0.2) is 0 Å². The minimum absolute atomic E-state index is 0.104. The van der Waals surface area contributed by atoms with Gasteiger partial charge in [0.2, 0.25) is 22.1 Å². The topological polar surface area (TPSA) is 110 Å². The van der Waals surface area contributed by atoms with Crippen LogP contribution in [0.5, 0.6) is 0 Å². The molecule has 0 saturated heterocycles. The quantitative estimate of drug-likeness (QED) is 0.721. The standard InChI is InChI=1S/C17H26N6O2S2/c1-10(24)18-14-23-21-13(27-14)17(5,6)8-7-11(25)19-15-22-20-12(26-15)9-16(2,3)4/h7-9H2,1-6H3,(H,18,23,24)(H,19,22,25). The van der Waals surface area contributed by atoms with Crippen LogP contribution in [-0.2, 0) is 21.4 Å². The van der Waals surface area contributed by atoms with E-state index >= 15 is 0 Å². The summed E-state index contributed by atoms with van der Waals surface area (Å²) in [5, 5.41) is 24.4. The molecule has 2 rings (SSSR count). The normalized spacial score (nSPS) is 12.1. The lowest BCUT2D eigenvalue weighted by Gasteiger charge is -2.20. The highest BCUT2D eigenvalue weighted by atomic mass is 32.1. The van der Waals surface area contributed by atoms with Crippen LogP contribution in [0, 0.1) is 5.41 Å². The van der Waals surface area contributed by atoms with Crippen molar-refractivity contribution in [3.63, 3.8) is 0 Å². The third-order valence-corrected chi connectivity index (χ3v) is 5.70. The van der Waals surface area contributed by atoms with Crippen molar-refractivity contribution in [2.24, 2.45) is 5.41 Å². The minimum atomic E-state index is -0.329. The second-order valence-electron chi connectivity index (χ2n) is 8.26. The SMILES string of the molecule is CC(=O)Nc1nnc(C(C)(C)CCC(=O)Nc2nnc(CC(C)(C)C)s2)s1. The number of carbonyl (C=O) groups is 2. The lowest BCUT2D eigenvalue weighted by Crippen LogP contribution is -2.21. The molecule has 2 heterocycles. The van der Waals surface area contributed by atoms with Crippen LogP contribution in [0.4, 0.5) is 10.3 Å². The number of hydrogen-bond donors (Lipinski definition) is 2. The molecule has 10 heteroatoms. The van der Waals surface area contributed by atoms with Gasteiger partial charge in [-0.05, 0) is 11.8 Å². The van der Waals surface area contributed by atoms with Gasteiger partial charge in [-0.1, -0.05) is 57.3 Å². The number of aromatic nitrogens is 4. The highest BCUT2D eigenvalue weighted by Crippen LogP contribution is 2.32. The Balaban J connectivity index is 1.88. The Kier molecular flexibility index (Phi) is 6.63. The van der Waals surface area contributed by atoms with Crippen LogP contribution in [0.2, 0.25) is 0 Å². The molecule has 0 aliphatic heterocycles. The molecule has 0 aromatic carbocycles. The van der Waals surface area contributed by atoms with Gasteiger partial charge in [-0.2, -0.15) is 0 Å². The van der Waals surface area contributed by atoms with E-state index in [9.17, 15) is 9.59 Å². The molecular weight excluding hydrogens is 384 g/mol. The molecule has 2 aromatic rings. The van der Waals surface area contributed by atoms with Crippen molar-refractivity contribution in [1.29, 1.82) is 0 Å². The number of anilines is 2. The zero-order valence-electron chi connectivity index (χ0n) is 16.5. The van der Waals surface area contributed by atoms with Crippen LogP contribution < -0.4 is 10.6 Å². The molecule has 0 aliphatic carbocycles. The molecule has 0 fully saturated rings. The Morgan fingerprint density at radius 2 is 1.56 bits per heavy atom. The van der Waals surface area contributed by atoms with Gasteiger partial charge in [0.1, 0.15) is 10.0 Å². The first-order chi connectivity index (χ1) is 12.4.